The molecule has 0 spiro atoms. The first-order valence-corrected chi connectivity index (χ1v) is 7.20. The summed E-state index contributed by atoms with van der Waals surface area (Å²) in [4.78, 5) is 14.7. The van der Waals surface area contributed by atoms with Crippen LogP contribution < -0.4 is 5.32 Å². The number of rotatable bonds is 4. The van der Waals surface area contributed by atoms with E-state index in [1.165, 1.54) is 32.1 Å². The van der Waals surface area contributed by atoms with E-state index in [4.69, 9.17) is 0 Å². The Morgan fingerprint density at radius 1 is 1.35 bits per heavy atom. The van der Waals surface area contributed by atoms with Crippen molar-refractivity contribution in [2.45, 2.75) is 57.9 Å². The van der Waals surface area contributed by atoms with Gasteiger partial charge in [-0.15, -0.1) is 0 Å². The van der Waals surface area contributed by atoms with Crippen LogP contribution in [0.1, 0.15) is 52.4 Å². The monoisotopic (exact) mass is 238 g/mol. The maximum Gasteiger partial charge on any atom is 0.242 e. The lowest BCUT2D eigenvalue weighted by molar-refractivity contribution is -0.139. The molecule has 1 saturated heterocycles. The molecule has 1 unspecified atom stereocenters. The molecule has 98 valence electrons. The second-order valence-electron chi connectivity index (χ2n) is 5.86. The van der Waals surface area contributed by atoms with Gasteiger partial charge in [0.2, 0.25) is 5.91 Å². The number of carbonyl (C=O) groups excluding carboxylic acids is 1. The molecule has 1 heterocycles. The van der Waals surface area contributed by atoms with Gasteiger partial charge in [-0.25, -0.2) is 0 Å². The van der Waals surface area contributed by atoms with Gasteiger partial charge in [-0.05, 0) is 58.4 Å². The van der Waals surface area contributed by atoms with Crippen molar-refractivity contribution < 1.29 is 4.79 Å². The molecule has 2 fully saturated rings. The first kappa shape index (κ1) is 12.9. The van der Waals surface area contributed by atoms with Crippen LogP contribution in [0.15, 0.2) is 0 Å². The fraction of sp³-hybridized carbons (Fsp3) is 0.929. The molecule has 0 aromatic rings. The van der Waals surface area contributed by atoms with Crippen molar-refractivity contribution >= 4 is 5.91 Å². The normalized spacial score (nSPS) is 29.8. The maximum absolute atomic E-state index is 12.6. The summed E-state index contributed by atoms with van der Waals surface area (Å²) in [5, 5.41) is 3.43. The van der Waals surface area contributed by atoms with Crippen LogP contribution in [0.3, 0.4) is 0 Å². The van der Waals surface area contributed by atoms with Gasteiger partial charge in [0, 0.05) is 13.1 Å². The van der Waals surface area contributed by atoms with E-state index in [2.05, 4.69) is 24.1 Å². The minimum atomic E-state index is -0.294. The molecule has 1 aliphatic heterocycles. The minimum absolute atomic E-state index is 0.294. The van der Waals surface area contributed by atoms with Crippen molar-refractivity contribution in [2.75, 3.05) is 19.6 Å². The molecule has 0 aromatic heterocycles. The summed E-state index contributed by atoms with van der Waals surface area (Å²) in [6, 6.07) is 0. The number of nitrogens with one attached hydrogen (secondary N) is 1. The zero-order chi connectivity index (χ0) is 12.3. The topological polar surface area (TPSA) is 32.3 Å². The quantitative estimate of drug-likeness (QED) is 0.814. The number of likely N-dealkylation sites (N-methyl/N-ethyl adjacent to an activating group) is 1. The standard InChI is InChI=1S/C14H26N2O/c1-3-16(11-12-7-6-8-12)13(17)14(2)9-4-5-10-15-14/h12,15H,3-11H2,1-2H3. The van der Waals surface area contributed by atoms with E-state index >= 15 is 0 Å². The molecular weight excluding hydrogens is 212 g/mol. The van der Waals surface area contributed by atoms with E-state index in [0.29, 0.717) is 5.91 Å². The molecule has 1 N–H and O–H groups in total. The summed E-state index contributed by atoms with van der Waals surface area (Å²) in [5.74, 6) is 1.10. The Hall–Kier alpha value is -0.570. The molecule has 2 aliphatic rings. The van der Waals surface area contributed by atoms with Gasteiger partial charge in [0.1, 0.15) is 0 Å². The summed E-state index contributed by atoms with van der Waals surface area (Å²) >= 11 is 0. The van der Waals surface area contributed by atoms with Crippen LogP contribution in [0.2, 0.25) is 0 Å². The summed E-state index contributed by atoms with van der Waals surface area (Å²) < 4.78 is 0. The number of hydrogen-bond donors (Lipinski definition) is 1. The third-order valence-electron chi connectivity index (χ3n) is 4.46. The van der Waals surface area contributed by atoms with Gasteiger partial charge >= 0.3 is 0 Å². The first-order valence-electron chi connectivity index (χ1n) is 7.20. The average Bonchev–Trinajstić information content (AvgIpc) is 2.28. The van der Waals surface area contributed by atoms with Crippen LogP contribution in [-0.2, 0) is 4.79 Å². The van der Waals surface area contributed by atoms with Crippen LogP contribution in [0.5, 0.6) is 0 Å². The minimum Gasteiger partial charge on any atom is -0.341 e. The van der Waals surface area contributed by atoms with Crippen molar-refractivity contribution in [2.24, 2.45) is 5.92 Å². The first-order chi connectivity index (χ1) is 8.15. The van der Waals surface area contributed by atoms with Crippen LogP contribution in [0, 0.1) is 5.92 Å². The molecule has 1 amide bonds. The van der Waals surface area contributed by atoms with Crippen molar-refractivity contribution in [3.05, 3.63) is 0 Å². The summed E-state index contributed by atoms with van der Waals surface area (Å²) in [7, 11) is 0. The smallest absolute Gasteiger partial charge is 0.242 e. The summed E-state index contributed by atoms with van der Waals surface area (Å²) in [6.45, 7) is 7.00. The molecule has 0 aromatic carbocycles. The highest BCUT2D eigenvalue weighted by Crippen LogP contribution is 2.28. The maximum atomic E-state index is 12.6. The van der Waals surface area contributed by atoms with Gasteiger partial charge in [0.05, 0.1) is 5.54 Å². The molecule has 2 rings (SSSR count). The van der Waals surface area contributed by atoms with Crippen LogP contribution >= 0.6 is 0 Å². The number of amides is 1. The third-order valence-corrected chi connectivity index (χ3v) is 4.46. The number of nitrogens with zero attached hydrogens (tertiary/aromatic N) is 1. The Balaban J connectivity index is 1.94. The fourth-order valence-corrected chi connectivity index (χ4v) is 2.93. The van der Waals surface area contributed by atoms with Gasteiger partial charge in [-0.3, -0.25) is 4.79 Å². The summed E-state index contributed by atoms with van der Waals surface area (Å²) in [6.07, 6.45) is 7.36. The van der Waals surface area contributed by atoms with Crippen LogP contribution in [-0.4, -0.2) is 36.0 Å². The van der Waals surface area contributed by atoms with E-state index in [9.17, 15) is 4.79 Å². The largest absolute Gasteiger partial charge is 0.341 e. The Labute approximate surface area is 105 Å². The lowest BCUT2D eigenvalue weighted by Crippen LogP contribution is -2.58. The van der Waals surface area contributed by atoms with Gasteiger partial charge in [-0.1, -0.05) is 6.42 Å². The lowest BCUT2D eigenvalue weighted by atomic mass is 9.84. The Kier molecular flexibility index (Phi) is 4.08. The molecule has 3 heteroatoms. The lowest BCUT2D eigenvalue weighted by Gasteiger charge is -2.40. The molecule has 0 radical (unpaired) electrons. The molecule has 17 heavy (non-hydrogen) atoms. The number of carbonyl (C=O) groups is 1. The predicted octanol–water partition coefficient (Wildman–Crippen LogP) is 2.17. The van der Waals surface area contributed by atoms with E-state index in [1.54, 1.807) is 0 Å². The van der Waals surface area contributed by atoms with Gasteiger partial charge in [0.15, 0.2) is 0 Å². The van der Waals surface area contributed by atoms with E-state index in [1.807, 2.05) is 0 Å². The SMILES string of the molecule is CCN(CC1CCC1)C(=O)C1(C)CCCCN1. The Bertz CT molecular complexity index is 267. The molecule has 0 bridgehead atoms. The zero-order valence-electron chi connectivity index (χ0n) is 11.3. The van der Waals surface area contributed by atoms with Gasteiger partial charge in [-0.2, -0.15) is 0 Å². The highest BCUT2D eigenvalue weighted by atomic mass is 16.2. The van der Waals surface area contributed by atoms with Gasteiger partial charge in [0.25, 0.3) is 0 Å². The molecular formula is C14H26N2O. The van der Waals surface area contributed by atoms with Crippen molar-refractivity contribution in [1.29, 1.82) is 0 Å². The second-order valence-corrected chi connectivity index (χ2v) is 5.86. The predicted molar refractivity (Wildman–Crippen MR) is 69.9 cm³/mol. The number of piperidine rings is 1. The van der Waals surface area contributed by atoms with Crippen molar-refractivity contribution in [1.82, 2.24) is 10.2 Å². The summed E-state index contributed by atoms with van der Waals surface area (Å²) in [5.41, 5.74) is -0.294. The highest BCUT2D eigenvalue weighted by Gasteiger charge is 2.37. The zero-order valence-corrected chi connectivity index (χ0v) is 11.3. The molecule has 1 aliphatic carbocycles. The van der Waals surface area contributed by atoms with E-state index < -0.39 is 0 Å². The highest BCUT2D eigenvalue weighted by molar-refractivity contribution is 5.86. The van der Waals surface area contributed by atoms with Crippen molar-refractivity contribution in [3.63, 3.8) is 0 Å². The van der Waals surface area contributed by atoms with Crippen LogP contribution in [0.25, 0.3) is 0 Å². The second kappa shape index (κ2) is 5.38. The average molecular weight is 238 g/mol. The van der Waals surface area contributed by atoms with E-state index in [-0.39, 0.29) is 5.54 Å². The molecule has 1 saturated carbocycles. The fourth-order valence-electron chi connectivity index (χ4n) is 2.93. The Morgan fingerprint density at radius 3 is 2.59 bits per heavy atom. The van der Waals surface area contributed by atoms with Gasteiger partial charge < -0.3 is 10.2 Å². The van der Waals surface area contributed by atoms with E-state index in [0.717, 1.165) is 32.0 Å². The van der Waals surface area contributed by atoms with Crippen molar-refractivity contribution in [3.8, 4) is 0 Å². The molecule has 1 atom stereocenters. The van der Waals surface area contributed by atoms with Crippen LogP contribution in [0.4, 0.5) is 0 Å². The Morgan fingerprint density at radius 2 is 2.12 bits per heavy atom. The molecule has 3 nitrogen and oxygen atoms in total. The third kappa shape index (κ3) is 2.82. The number of hydrogen-bond acceptors (Lipinski definition) is 2.